The second-order valence-electron chi connectivity index (χ2n) is 10.7. The summed E-state index contributed by atoms with van der Waals surface area (Å²) < 4.78 is 12.5. The predicted octanol–water partition coefficient (Wildman–Crippen LogP) is 4.39. The molecule has 0 amide bonds. The van der Waals surface area contributed by atoms with E-state index in [4.69, 9.17) is 9.47 Å². The summed E-state index contributed by atoms with van der Waals surface area (Å²) in [5.74, 6) is 0. The summed E-state index contributed by atoms with van der Waals surface area (Å²) in [5.41, 5.74) is 0.598. The molecule has 6 rings (SSSR count). The third kappa shape index (κ3) is 5.15. The van der Waals surface area contributed by atoms with Crippen LogP contribution in [0.2, 0.25) is 0 Å². The molecule has 2 unspecified atom stereocenters. The van der Waals surface area contributed by atoms with Crippen LogP contribution in [0.4, 0.5) is 0 Å². The second-order valence-corrected chi connectivity index (χ2v) is 10.7. The minimum atomic E-state index is -0.873. The van der Waals surface area contributed by atoms with E-state index >= 15 is 0 Å². The number of H-pyrrole nitrogens is 1. The Morgan fingerprint density at radius 3 is 2.40 bits per heavy atom. The fourth-order valence-corrected chi connectivity index (χ4v) is 5.96. The van der Waals surface area contributed by atoms with Crippen LogP contribution in [0, 0.1) is 0 Å². The first kappa shape index (κ1) is 26.7. The quantitative estimate of drug-likeness (QED) is 0.169. The number of benzene rings is 4. The van der Waals surface area contributed by atoms with E-state index in [1.54, 1.807) is 0 Å². The number of ether oxygens (including phenoxy) is 2. The van der Waals surface area contributed by atoms with Crippen LogP contribution >= 0.6 is 0 Å². The highest BCUT2D eigenvalue weighted by Crippen LogP contribution is 2.36. The van der Waals surface area contributed by atoms with Gasteiger partial charge in [0.25, 0.3) is 5.56 Å². The molecule has 1 saturated heterocycles. The lowest BCUT2D eigenvalue weighted by Crippen LogP contribution is -2.34. The van der Waals surface area contributed by atoms with Crippen LogP contribution in [0.1, 0.15) is 49.5 Å². The van der Waals surface area contributed by atoms with Gasteiger partial charge in [-0.1, -0.05) is 67.4 Å². The zero-order valence-electron chi connectivity index (χ0n) is 22.3. The molecule has 0 saturated carbocycles. The molecule has 0 bridgehead atoms. The summed E-state index contributed by atoms with van der Waals surface area (Å²) >= 11 is 0. The maximum Gasteiger partial charge on any atom is 0.330 e. The van der Waals surface area contributed by atoms with Crippen LogP contribution in [0.15, 0.2) is 70.4 Å². The number of aliphatic hydroxyl groups excluding tert-OH is 2. The molecule has 208 valence electrons. The highest BCUT2D eigenvalue weighted by molar-refractivity contribution is 6.23. The SMILES string of the molecule is O=c1[nH]c(=O)n(C2C[C@H](O)C(CO)O2)cc1COCCCCCCc1ccc2ccc3cccc4ccc1c2c34. The highest BCUT2D eigenvalue weighted by Gasteiger charge is 2.35. The van der Waals surface area contributed by atoms with Gasteiger partial charge in [-0.3, -0.25) is 14.3 Å². The third-order valence-corrected chi connectivity index (χ3v) is 8.10. The number of hydrogen-bond donors (Lipinski definition) is 3. The van der Waals surface area contributed by atoms with Crippen molar-refractivity contribution in [1.29, 1.82) is 0 Å². The van der Waals surface area contributed by atoms with Crippen molar-refractivity contribution in [2.75, 3.05) is 13.2 Å². The lowest BCUT2D eigenvalue weighted by atomic mass is 9.90. The van der Waals surface area contributed by atoms with E-state index in [9.17, 15) is 19.8 Å². The Labute approximate surface area is 231 Å². The van der Waals surface area contributed by atoms with Gasteiger partial charge in [0.15, 0.2) is 0 Å². The Bertz CT molecular complexity index is 1730. The summed E-state index contributed by atoms with van der Waals surface area (Å²) in [5, 5.41) is 27.2. The molecule has 1 aromatic heterocycles. The maximum atomic E-state index is 12.3. The smallest absolute Gasteiger partial charge is 0.330 e. The number of unbranched alkanes of at least 4 members (excludes halogenated alkanes) is 3. The molecule has 1 aliphatic heterocycles. The number of nitrogens with one attached hydrogen (secondary N) is 1. The first-order valence-electron chi connectivity index (χ1n) is 14.1. The number of aliphatic hydroxyl groups is 2. The van der Waals surface area contributed by atoms with Crippen molar-refractivity contribution in [2.45, 2.75) is 63.6 Å². The van der Waals surface area contributed by atoms with E-state index in [0.29, 0.717) is 12.2 Å². The average molecular weight is 543 g/mol. The fourth-order valence-electron chi connectivity index (χ4n) is 5.96. The Kier molecular flexibility index (Phi) is 7.67. The minimum absolute atomic E-state index is 0.0804. The van der Waals surface area contributed by atoms with E-state index in [-0.39, 0.29) is 19.6 Å². The lowest BCUT2D eigenvalue weighted by molar-refractivity contribution is -0.0461. The van der Waals surface area contributed by atoms with Crippen molar-refractivity contribution < 1.29 is 19.7 Å². The van der Waals surface area contributed by atoms with Crippen LogP contribution in [0.3, 0.4) is 0 Å². The maximum absolute atomic E-state index is 12.3. The van der Waals surface area contributed by atoms with Gasteiger partial charge in [-0.2, -0.15) is 0 Å². The zero-order chi connectivity index (χ0) is 27.6. The van der Waals surface area contributed by atoms with Gasteiger partial charge in [-0.05, 0) is 57.1 Å². The molecule has 3 atom stereocenters. The first-order chi connectivity index (χ1) is 19.5. The summed E-state index contributed by atoms with van der Waals surface area (Å²) in [4.78, 5) is 26.8. The Balaban J connectivity index is 0.991. The summed E-state index contributed by atoms with van der Waals surface area (Å²) in [6.45, 7) is 0.254. The van der Waals surface area contributed by atoms with Gasteiger partial charge in [-0.15, -0.1) is 0 Å². The van der Waals surface area contributed by atoms with Gasteiger partial charge in [0.1, 0.15) is 12.3 Å². The van der Waals surface area contributed by atoms with Gasteiger partial charge < -0.3 is 19.7 Å². The van der Waals surface area contributed by atoms with Crippen molar-refractivity contribution in [2.24, 2.45) is 0 Å². The highest BCUT2D eigenvalue weighted by atomic mass is 16.5. The van der Waals surface area contributed by atoms with E-state index in [1.165, 1.54) is 48.6 Å². The molecule has 8 heteroatoms. The molecule has 1 aliphatic rings. The van der Waals surface area contributed by atoms with Crippen molar-refractivity contribution in [1.82, 2.24) is 9.55 Å². The number of aromatic amines is 1. The molecule has 40 heavy (non-hydrogen) atoms. The van der Waals surface area contributed by atoms with Gasteiger partial charge in [0.05, 0.1) is 24.9 Å². The molecule has 2 heterocycles. The van der Waals surface area contributed by atoms with Crippen LogP contribution in [0.5, 0.6) is 0 Å². The topological polar surface area (TPSA) is 114 Å². The van der Waals surface area contributed by atoms with Gasteiger partial charge in [-0.25, -0.2) is 4.79 Å². The van der Waals surface area contributed by atoms with Gasteiger partial charge in [0, 0.05) is 19.2 Å². The molecule has 0 radical (unpaired) electrons. The molecule has 4 aromatic carbocycles. The Hall–Kier alpha value is -3.56. The molecule has 8 nitrogen and oxygen atoms in total. The number of rotatable bonds is 11. The summed E-state index contributed by atoms with van der Waals surface area (Å²) in [7, 11) is 0. The largest absolute Gasteiger partial charge is 0.394 e. The molecule has 5 aromatic rings. The second kappa shape index (κ2) is 11.5. The number of aryl methyl sites for hydroxylation is 1. The number of aromatic nitrogens is 2. The Morgan fingerprint density at radius 2 is 1.62 bits per heavy atom. The van der Waals surface area contributed by atoms with Crippen molar-refractivity contribution in [3.05, 3.63) is 92.8 Å². The van der Waals surface area contributed by atoms with Crippen molar-refractivity contribution in [3.63, 3.8) is 0 Å². The molecule has 1 fully saturated rings. The minimum Gasteiger partial charge on any atom is -0.394 e. The zero-order valence-corrected chi connectivity index (χ0v) is 22.3. The normalized spacial score (nSPS) is 19.4. The lowest BCUT2D eigenvalue weighted by Gasteiger charge is -2.15. The van der Waals surface area contributed by atoms with Crippen molar-refractivity contribution >= 4 is 32.3 Å². The van der Waals surface area contributed by atoms with Crippen LogP contribution in [0.25, 0.3) is 32.3 Å². The summed E-state index contributed by atoms with van der Waals surface area (Å²) in [6.07, 6.45) is 4.33. The van der Waals surface area contributed by atoms with E-state index < -0.39 is 29.7 Å². The average Bonchev–Trinajstić information content (AvgIpc) is 3.34. The predicted molar refractivity (Wildman–Crippen MR) is 155 cm³/mol. The third-order valence-electron chi connectivity index (χ3n) is 8.10. The van der Waals surface area contributed by atoms with E-state index in [1.807, 2.05) is 0 Å². The van der Waals surface area contributed by atoms with E-state index in [2.05, 4.69) is 59.6 Å². The first-order valence-corrected chi connectivity index (χ1v) is 14.1. The van der Waals surface area contributed by atoms with Gasteiger partial charge in [0.2, 0.25) is 0 Å². The number of hydrogen-bond acceptors (Lipinski definition) is 6. The molecule has 3 N–H and O–H groups in total. The van der Waals surface area contributed by atoms with Crippen molar-refractivity contribution in [3.8, 4) is 0 Å². The fraction of sp³-hybridized carbons (Fsp3) is 0.375. The molecular formula is C32H34N2O6. The number of nitrogens with zero attached hydrogens (tertiary/aromatic N) is 1. The Morgan fingerprint density at radius 1 is 0.900 bits per heavy atom. The van der Waals surface area contributed by atoms with Crippen LogP contribution in [-0.2, 0) is 22.5 Å². The monoisotopic (exact) mass is 542 g/mol. The molecule has 0 aliphatic carbocycles. The van der Waals surface area contributed by atoms with Crippen LogP contribution in [-0.4, -0.2) is 45.2 Å². The van der Waals surface area contributed by atoms with E-state index in [0.717, 1.165) is 32.1 Å². The molecule has 0 spiro atoms. The van der Waals surface area contributed by atoms with Gasteiger partial charge >= 0.3 is 5.69 Å². The summed E-state index contributed by atoms with van der Waals surface area (Å²) in [6, 6.07) is 19.9. The standard InChI is InChI=1S/C32H34N2O6/c35-18-27-26(36)16-28(40-27)34-17-24(31(37)33-32(34)38)19-39-15-4-2-1-3-6-20-9-10-23-12-11-21-7-5-8-22-13-14-25(20)30(23)29(21)22/h5,7-14,17,26-28,35-36H,1-4,6,15-16,18-19H2,(H,33,37,38)/t26-,27?,28?/m0/s1. The van der Waals surface area contributed by atoms with Crippen LogP contribution < -0.4 is 11.2 Å². The molecular weight excluding hydrogens is 508 g/mol.